The number of aryl methyl sites for hydroxylation is 1. The van der Waals surface area contributed by atoms with Crippen LogP contribution in [0.5, 0.6) is 0 Å². The molecule has 7 heteroatoms. The van der Waals surface area contributed by atoms with Gasteiger partial charge in [0.25, 0.3) is 0 Å². The predicted molar refractivity (Wildman–Crippen MR) is 47.6 cm³/mol. The first-order valence-electron chi connectivity index (χ1n) is 3.68. The number of anilines is 1. The Morgan fingerprint density at radius 3 is 1.86 bits per heavy atom. The van der Waals surface area contributed by atoms with E-state index in [0.29, 0.717) is 0 Å². The molecular weight excluding hydrogens is 190 g/mol. The fourth-order valence-electron chi connectivity index (χ4n) is 0.926. The van der Waals surface area contributed by atoms with Gasteiger partial charge in [0.2, 0.25) is 10.1 Å². The Bertz CT molecular complexity index is 348. The minimum Gasteiger partial charge on any atom is -0.230 e. The van der Waals surface area contributed by atoms with Gasteiger partial charge in [0.1, 0.15) is 0 Å². The van der Waals surface area contributed by atoms with Crippen molar-refractivity contribution in [1.29, 1.82) is 0 Å². The summed E-state index contributed by atoms with van der Waals surface area (Å²) in [7, 11) is 0. The summed E-state index contributed by atoms with van der Waals surface area (Å²) in [4.78, 5) is 20.6. The lowest BCUT2D eigenvalue weighted by Crippen LogP contribution is -2.35. The van der Waals surface area contributed by atoms with Crippen LogP contribution in [-0.2, 0) is 0 Å². The summed E-state index contributed by atoms with van der Waals surface area (Å²) in [5.41, 5.74) is 0.797. The van der Waals surface area contributed by atoms with E-state index < -0.39 is 10.1 Å². The first-order chi connectivity index (χ1) is 6.52. The first-order valence-corrected chi connectivity index (χ1v) is 3.68. The van der Waals surface area contributed by atoms with Crippen molar-refractivity contribution in [1.82, 2.24) is 0 Å². The van der Waals surface area contributed by atoms with E-state index >= 15 is 0 Å². The normalized spacial score (nSPS) is 9.50. The van der Waals surface area contributed by atoms with Crippen molar-refractivity contribution in [2.24, 2.45) is 0 Å². The zero-order chi connectivity index (χ0) is 10.7. The van der Waals surface area contributed by atoms with E-state index in [1.54, 1.807) is 19.1 Å². The van der Waals surface area contributed by atoms with Gasteiger partial charge in [0, 0.05) is 0 Å². The third-order valence-electron chi connectivity index (χ3n) is 1.57. The van der Waals surface area contributed by atoms with Crippen LogP contribution in [0, 0.1) is 27.2 Å². The summed E-state index contributed by atoms with van der Waals surface area (Å²) in [5.74, 6) is 0. The van der Waals surface area contributed by atoms with Crippen LogP contribution < -0.4 is 5.12 Å². The Hall–Kier alpha value is -2.18. The number of nitrogens with zero attached hydrogens (tertiary/aromatic N) is 3. The Morgan fingerprint density at radius 2 is 1.50 bits per heavy atom. The van der Waals surface area contributed by atoms with Gasteiger partial charge in [-0.05, 0) is 19.1 Å². The first kappa shape index (κ1) is 9.90. The van der Waals surface area contributed by atoms with Gasteiger partial charge in [-0.1, -0.05) is 17.7 Å². The SMILES string of the molecule is Cc1ccc(N([N+](=O)[O-])[N+](=O)[O-])cc1. The lowest BCUT2D eigenvalue weighted by atomic mass is 10.2. The quantitative estimate of drug-likeness (QED) is 0.536. The average molecular weight is 197 g/mol. The Morgan fingerprint density at radius 1 is 1.07 bits per heavy atom. The summed E-state index contributed by atoms with van der Waals surface area (Å²) >= 11 is 0. The van der Waals surface area contributed by atoms with E-state index in [1.165, 1.54) is 12.1 Å². The largest absolute Gasteiger partial charge is 0.230 e. The zero-order valence-electron chi connectivity index (χ0n) is 7.28. The molecule has 0 aliphatic heterocycles. The fourth-order valence-corrected chi connectivity index (χ4v) is 0.926. The third-order valence-corrected chi connectivity index (χ3v) is 1.57. The molecule has 0 aromatic heterocycles. The number of rotatable bonds is 3. The van der Waals surface area contributed by atoms with Gasteiger partial charge in [0.05, 0.1) is 0 Å². The van der Waals surface area contributed by atoms with Gasteiger partial charge in [-0.25, -0.2) is 20.2 Å². The number of benzene rings is 1. The highest BCUT2D eigenvalue weighted by Crippen LogP contribution is 2.14. The van der Waals surface area contributed by atoms with Crippen LogP contribution in [0.15, 0.2) is 24.3 Å². The second-order valence-electron chi connectivity index (χ2n) is 2.60. The maximum Gasteiger partial charge on any atom is 0.228 e. The lowest BCUT2D eigenvalue weighted by Gasteiger charge is -2.02. The van der Waals surface area contributed by atoms with Gasteiger partial charge < -0.3 is 0 Å². The molecule has 0 heterocycles. The van der Waals surface area contributed by atoms with Crippen molar-refractivity contribution in [2.45, 2.75) is 6.92 Å². The van der Waals surface area contributed by atoms with Crippen molar-refractivity contribution in [3.05, 3.63) is 50.1 Å². The van der Waals surface area contributed by atoms with E-state index in [2.05, 4.69) is 0 Å². The van der Waals surface area contributed by atoms with Crippen molar-refractivity contribution >= 4 is 5.69 Å². The van der Waals surface area contributed by atoms with Crippen LogP contribution in [0.2, 0.25) is 0 Å². The number of nitro groups is 2. The molecule has 74 valence electrons. The average Bonchev–Trinajstić information content (AvgIpc) is 2.07. The third kappa shape index (κ3) is 1.94. The number of hydrogen-bond donors (Lipinski definition) is 0. The Balaban J connectivity index is 3.06. The minimum atomic E-state index is -1.08. The van der Waals surface area contributed by atoms with Crippen LogP contribution in [0.1, 0.15) is 5.56 Å². The van der Waals surface area contributed by atoms with Gasteiger partial charge in [-0.3, -0.25) is 0 Å². The standard InChI is InChI=1S/C7H7N3O4/c1-6-2-4-7(5-3-6)8(9(11)12)10(13)14/h2-5H,1H3. The van der Waals surface area contributed by atoms with E-state index in [4.69, 9.17) is 0 Å². The fraction of sp³-hybridized carbons (Fsp3) is 0.143. The van der Waals surface area contributed by atoms with Gasteiger partial charge >= 0.3 is 0 Å². The molecule has 7 nitrogen and oxygen atoms in total. The Kier molecular flexibility index (Phi) is 2.61. The molecule has 0 bridgehead atoms. The highest BCUT2D eigenvalue weighted by atomic mass is 16.8. The maximum absolute atomic E-state index is 10.3. The van der Waals surface area contributed by atoms with Crippen LogP contribution in [0.3, 0.4) is 0 Å². The molecule has 0 radical (unpaired) electrons. The van der Waals surface area contributed by atoms with Crippen molar-refractivity contribution in [3.8, 4) is 0 Å². The molecule has 1 aromatic rings. The Labute approximate surface area is 78.8 Å². The summed E-state index contributed by atoms with van der Waals surface area (Å²) < 4.78 is 0. The molecule has 1 rings (SSSR count). The van der Waals surface area contributed by atoms with E-state index in [-0.39, 0.29) is 10.8 Å². The number of hydrazine groups is 2. The lowest BCUT2D eigenvalue weighted by molar-refractivity contribution is -0.711. The topological polar surface area (TPSA) is 89.5 Å². The molecule has 0 N–H and O–H groups in total. The highest BCUT2D eigenvalue weighted by molar-refractivity contribution is 5.42. The second kappa shape index (κ2) is 3.69. The molecule has 0 aliphatic rings. The second-order valence-corrected chi connectivity index (χ2v) is 2.60. The molecule has 0 atom stereocenters. The van der Waals surface area contributed by atoms with Crippen molar-refractivity contribution < 1.29 is 10.1 Å². The van der Waals surface area contributed by atoms with E-state index in [1.807, 2.05) is 0 Å². The maximum atomic E-state index is 10.3. The zero-order valence-corrected chi connectivity index (χ0v) is 7.28. The summed E-state index contributed by atoms with van der Waals surface area (Å²) in [5, 5.41) is 18.3. The highest BCUT2D eigenvalue weighted by Gasteiger charge is 2.29. The smallest absolute Gasteiger partial charge is 0.228 e. The van der Waals surface area contributed by atoms with Crippen molar-refractivity contribution in [2.75, 3.05) is 5.12 Å². The van der Waals surface area contributed by atoms with E-state index in [9.17, 15) is 20.2 Å². The minimum absolute atomic E-state index is 0.0781. The molecule has 0 unspecified atom stereocenters. The van der Waals surface area contributed by atoms with Crippen LogP contribution >= 0.6 is 0 Å². The predicted octanol–water partition coefficient (Wildman–Crippen LogP) is 1.18. The molecule has 0 saturated carbocycles. The van der Waals surface area contributed by atoms with Gasteiger partial charge in [-0.2, -0.15) is 0 Å². The van der Waals surface area contributed by atoms with Crippen molar-refractivity contribution in [3.63, 3.8) is 0 Å². The monoisotopic (exact) mass is 197 g/mol. The molecule has 14 heavy (non-hydrogen) atoms. The molecule has 0 amide bonds. The molecular formula is C7H7N3O4. The summed E-state index contributed by atoms with van der Waals surface area (Å²) in [6, 6.07) is 5.77. The molecule has 0 saturated heterocycles. The molecule has 0 spiro atoms. The number of hydrogen-bond acceptors (Lipinski definition) is 4. The van der Waals surface area contributed by atoms with Crippen LogP contribution in [0.4, 0.5) is 5.69 Å². The van der Waals surface area contributed by atoms with Crippen LogP contribution in [0.25, 0.3) is 0 Å². The summed E-state index contributed by atoms with van der Waals surface area (Å²) in [6.45, 7) is 1.78. The summed E-state index contributed by atoms with van der Waals surface area (Å²) in [6.07, 6.45) is 0. The molecule has 1 aromatic carbocycles. The van der Waals surface area contributed by atoms with Gasteiger partial charge in [-0.15, -0.1) is 0 Å². The van der Waals surface area contributed by atoms with Crippen LogP contribution in [-0.4, -0.2) is 10.1 Å². The van der Waals surface area contributed by atoms with Gasteiger partial charge in [0.15, 0.2) is 10.8 Å². The molecule has 0 aliphatic carbocycles. The molecule has 0 fully saturated rings. The van der Waals surface area contributed by atoms with E-state index in [0.717, 1.165) is 5.56 Å².